The molecule has 0 saturated heterocycles. The van der Waals surface area contributed by atoms with Crippen molar-refractivity contribution in [2.75, 3.05) is 4.90 Å². The Morgan fingerprint density at radius 3 is 1.60 bits per heavy atom. The molecule has 3 heterocycles. The number of fused-ring (bicyclic) bond motifs is 9. The molecule has 3 aromatic heterocycles. The highest BCUT2D eigenvalue weighted by molar-refractivity contribution is 6.15. The van der Waals surface area contributed by atoms with E-state index in [2.05, 4.69) is 191 Å². The number of hydrogen-bond acceptors (Lipinski definition) is 3. The molecule has 12 aromatic rings. The predicted octanol–water partition coefficient (Wildman–Crippen LogP) is 15.4. The fourth-order valence-electron chi connectivity index (χ4n) is 9.01. The highest BCUT2D eigenvalue weighted by atomic mass is 16.3. The highest BCUT2D eigenvalue weighted by Crippen LogP contribution is 2.47. The van der Waals surface area contributed by atoms with Gasteiger partial charge in [-0.25, -0.2) is 0 Å². The first-order valence-electron chi connectivity index (χ1n) is 19.7. The quantitative estimate of drug-likeness (QED) is 0.170. The van der Waals surface area contributed by atoms with Crippen molar-refractivity contribution in [2.45, 2.75) is 0 Å². The van der Waals surface area contributed by atoms with Gasteiger partial charge in [0.1, 0.15) is 22.3 Å². The molecule has 272 valence electrons. The third-order valence-corrected chi connectivity index (χ3v) is 11.6. The summed E-state index contributed by atoms with van der Waals surface area (Å²) in [7, 11) is 0. The Balaban J connectivity index is 1.01. The van der Waals surface area contributed by atoms with Gasteiger partial charge in [0.2, 0.25) is 0 Å². The molecule has 0 radical (unpaired) electrons. The van der Waals surface area contributed by atoms with E-state index in [4.69, 9.17) is 8.83 Å². The molecule has 0 bridgehead atoms. The molecule has 0 saturated carbocycles. The fraction of sp³-hybridized carbons (Fsp3) is 0. The summed E-state index contributed by atoms with van der Waals surface area (Å²) < 4.78 is 15.4. The first-order valence-corrected chi connectivity index (χ1v) is 19.7. The summed E-state index contributed by atoms with van der Waals surface area (Å²) >= 11 is 0. The van der Waals surface area contributed by atoms with E-state index in [0.29, 0.717) is 0 Å². The summed E-state index contributed by atoms with van der Waals surface area (Å²) in [5, 5.41) is 6.89. The second kappa shape index (κ2) is 12.9. The Morgan fingerprint density at radius 2 is 0.862 bits per heavy atom. The van der Waals surface area contributed by atoms with Gasteiger partial charge in [0.05, 0.1) is 27.8 Å². The lowest BCUT2D eigenvalue weighted by Crippen LogP contribution is -2.11. The predicted molar refractivity (Wildman–Crippen MR) is 241 cm³/mol. The SMILES string of the molecule is c1ccc(N(c2ccc(-c3ccc(-n4c5ccccc5c5ccccc54)cc3)cc2)c2cccc3oc4ccccc4c23)c(-c2cccc3c2oc2ccccc23)c1. The smallest absolute Gasteiger partial charge is 0.143 e. The molecule has 0 aliphatic rings. The van der Waals surface area contributed by atoms with Crippen molar-refractivity contribution in [3.05, 3.63) is 206 Å². The molecule has 0 fully saturated rings. The first-order chi connectivity index (χ1) is 28.8. The Morgan fingerprint density at radius 1 is 0.345 bits per heavy atom. The number of benzene rings is 9. The van der Waals surface area contributed by atoms with Crippen LogP contribution in [-0.4, -0.2) is 4.57 Å². The van der Waals surface area contributed by atoms with Crippen molar-refractivity contribution in [1.82, 2.24) is 4.57 Å². The maximum Gasteiger partial charge on any atom is 0.143 e. The average molecular weight is 743 g/mol. The lowest BCUT2D eigenvalue weighted by molar-refractivity contribution is 0.669. The van der Waals surface area contributed by atoms with Gasteiger partial charge in [-0.2, -0.15) is 0 Å². The van der Waals surface area contributed by atoms with Crippen molar-refractivity contribution in [1.29, 1.82) is 0 Å². The minimum absolute atomic E-state index is 0.848. The van der Waals surface area contributed by atoms with Crippen LogP contribution in [0.25, 0.3) is 93.6 Å². The zero-order valence-electron chi connectivity index (χ0n) is 31.3. The summed E-state index contributed by atoms with van der Waals surface area (Å²) in [5.41, 5.74) is 14.5. The molecule has 9 aromatic carbocycles. The molecule has 0 aliphatic heterocycles. The molecule has 58 heavy (non-hydrogen) atoms. The number of para-hydroxylation sites is 6. The molecule has 0 aliphatic carbocycles. The molecule has 4 nitrogen and oxygen atoms in total. The van der Waals surface area contributed by atoms with Crippen LogP contribution in [0.3, 0.4) is 0 Å². The van der Waals surface area contributed by atoms with Gasteiger partial charge in [0, 0.05) is 49.4 Å². The van der Waals surface area contributed by atoms with Crippen LogP contribution >= 0.6 is 0 Å². The van der Waals surface area contributed by atoms with E-state index in [1.807, 2.05) is 24.3 Å². The minimum Gasteiger partial charge on any atom is -0.456 e. The number of anilines is 3. The number of nitrogens with zero attached hydrogens (tertiary/aromatic N) is 2. The molecule has 0 unspecified atom stereocenters. The van der Waals surface area contributed by atoms with Crippen molar-refractivity contribution in [3.63, 3.8) is 0 Å². The van der Waals surface area contributed by atoms with Crippen LogP contribution in [-0.2, 0) is 0 Å². The Hall–Kier alpha value is -7.82. The zero-order valence-corrected chi connectivity index (χ0v) is 31.3. The number of aromatic nitrogens is 1. The van der Waals surface area contributed by atoms with Gasteiger partial charge < -0.3 is 18.3 Å². The van der Waals surface area contributed by atoms with Crippen molar-refractivity contribution in [3.8, 4) is 27.9 Å². The van der Waals surface area contributed by atoms with E-state index in [-0.39, 0.29) is 0 Å². The molecule has 12 rings (SSSR count). The summed E-state index contributed by atoms with van der Waals surface area (Å²) in [4.78, 5) is 2.37. The van der Waals surface area contributed by atoms with Crippen molar-refractivity contribution in [2.24, 2.45) is 0 Å². The molecule has 0 atom stereocenters. The number of rotatable bonds is 6. The van der Waals surface area contributed by atoms with Crippen LogP contribution in [0.5, 0.6) is 0 Å². The van der Waals surface area contributed by atoms with Crippen molar-refractivity contribution >= 4 is 82.7 Å². The molecule has 4 heteroatoms. The maximum absolute atomic E-state index is 6.60. The van der Waals surface area contributed by atoms with Gasteiger partial charge in [0.15, 0.2) is 0 Å². The third-order valence-electron chi connectivity index (χ3n) is 11.6. The van der Waals surface area contributed by atoms with E-state index in [1.165, 1.54) is 21.8 Å². The van der Waals surface area contributed by atoms with Crippen LogP contribution in [0.4, 0.5) is 17.1 Å². The third kappa shape index (κ3) is 4.95. The Kier molecular flexibility index (Phi) is 7.20. The number of furan rings is 2. The topological polar surface area (TPSA) is 34.5 Å². The monoisotopic (exact) mass is 742 g/mol. The van der Waals surface area contributed by atoms with Crippen LogP contribution in [0.15, 0.2) is 215 Å². The zero-order chi connectivity index (χ0) is 38.2. The van der Waals surface area contributed by atoms with Crippen LogP contribution < -0.4 is 4.90 Å². The van der Waals surface area contributed by atoms with E-state index >= 15 is 0 Å². The van der Waals surface area contributed by atoms with Crippen LogP contribution in [0.1, 0.15) is 0 Å². The summed E-state index contributed by atoms with van der Waals surface area (Å²) in [6.07, 6.45) is 0. The molecule has 0 spiro atoms. The Bertz CT molecular complexity index is 3460. The normalized spacial score (nSPS) is 11.8. The lowest BCUT2D eigenvalue weighted by Gasteiger charge is -2.28. The summed E-state index contributed by atoms with van der Waals surface area (Å²) in [5.74, 6) is 0. The van der Waals surface area contributed by atoms with Gasteiger partial charge in [-0.1, -0.05) is 140 Å². The molecular formula is C54H34N2O2. The van der Waals surface area contributed by atoms with Gasteiger partial charge >= 0.3 is 0 Å². The number of hydrogen-bond donors (Lipinski definition) is 0. The Labute approximate surface area is 334 Å². The first kappa shape index (κ1) is 32.4. The lowest BCUT2D eigenvalue weighted by atomic mass is 9.98. The second-order valence-corrected chi connectivity index (χ2v) is 14.8. The van der Waals surface area contributed by atoms with Crippen LogP contribution in [0.2, 0.25) is 0 Å². The van der Waals surface area contributed by atoms with Gasteiger partial charge in [-0.3, -0.25) is 0 Å². The van der Waals surface area contributed by atoms with E-state index in [1.54, 1.807) is 0 Å². The average Bonchev–Trinajstić information content (AvgIpc) is 3.97. The molecule has 0 amide bonds. The van der Waals surface area contributed by atoms with Crippen molar-refractivity contribution < 1.29 is 8.83 Å². The highest BCUT2D eigenvalue weighted by Gasteiger charge is 2.23. The van der Waals surface area contributed by atoms with E-state index < -0.39 is 0 Å². The largest absolute Gasteiger partial charge is 0.456 e. The van der Waals surface area contributed by atoms with Gasteiger partial charge in [-0.15, -0.1) is 0 Å². The van der Waals surface area contributed by atoms with Gasteiger partial charge in [0.25, 0.3) is 0 Å². The maximum atomic E-state index is 6.60. The van der Waals surface area contributed by atoms with E-state index in [9.17, 15) is 0 Å². The summed E-state index contributed by atoms with van der Waals surface area (Å²) in [6.45, 7) is 0. The van der Waals surface area contributed by atoms with Gasteiger partial charge in [-0.05, 0) is 77.9 Å². The standard InChI is InChI=1S/C54H34N2O2/c1-6-20-46-39(13-1)40-14-2-7-21-47(40)55(46)37-31-27-35(28-32-37)36-29-33-38(34-30-36)56(49-23-12-26-52-53(49)45-17-5-10-25-51(45)57-52)48-22-8-3-15-41(48)43-18-11-19-44-42-16-4-9-24-50(42)58-54(43)44/h1-34H. The van der Waals surface area contributed by atoms with E-state index in [0.717, 1.165) is 88.9 Å². The fourth-order valence-corrected chi connectivity index (χ4v) is 9.01. The second-order valence-electron chi connectivity index (χ2n) is 14.8. The summed E-state index contributed by atoms with van der Waals surface area (Å²) in [6, 6.07) is 73.1. The molecule has 0 N–H and O–H groups in total. The molecular weight excluding hydrogens is 709 g/mol. The minimum atomic E-state index is 0.848. The van der Waals surface area contributed by atoms with Crippen LogP contribution in [0, 0.1) is 0 Å².